The van der Waals surface area contributed by atoms with Gasteiger partial charge in [0.25, 0.3) is 0 Å². The number of nitrogens with zero attached hydrogens (tertiary/aromatic N) is 2. The Morgan fingerprint density at radius 3 is 2.88 bits per heavy atom. The highest BCUT2D eigenvalue weighted by atomic mass is 15.0. The summed E-state index contributed by atoms with van der Waals surface area (Å²) in [5.74, 6) is 0.856. The molecule has 94 valence electrons. The van der Waals surface area contributed by atoms with Crippen molar-refractivity contribution in [1.29, 1.82) is 0 Å². The topological polar surface area (TPSA) is 36.8 Å². The van der Waals surface area contributed by atoms with Crippen molar-refractivity contribution in [2.45, 2.75) is 32.6 Å². The lowest BCUT2D eigenvalue weighted by atomic mass is 9.79. The molecule has 0 amide bonds. The SMILES string of the molecule is CN=C/C(C)=C\N=CCC1CCC2(CNC2)C1. The zero-order chi connectivity index (χ0) is 12.1. The minimum absolute atomic E-state index is 0.666. The summed E-state index contributed by atoms with van der Waals surface area (Å²) in [5.41, 5.74) is 1.77. The molecule has 0 aromatic heterocycles. The van der Waals surface area contributed by atoms with Crippen molar-refractivity contribution in [3.63, 3.8) is 0 Å². The van der Waals surface area contributed by atoms with E-state index in [0.717, 1.165) is 17.9 Å². The van der Waals surface area contributed by atoms with Crippen molar-refractivity contribution >= 4 is 12.4 Å². The average Bonchev–Trinajstić information content (AvgIpc) is 2.69. The van der Waals surface area contributed by atoms with Gasteiger partial charge in [0.15, 0.2) is 0 Å². The van der Waals surface area contributed by atoms with Crippen LogP contribution in [-0.2, 0) is 0 Å². The average molecular weight is 233 g/mol. The predicted molar refractivity (Wildman–Crippen MR) is 73.9 cm³/mol. The molecule has 1 heterocycles. The summed E-state index contributed by atoms with van der Waals surface area (Å²) in [6.07, 6.45) is 11.1. The first-order valence-electron chi connectivity index (χ1n) is 6.55. The summed E-state index contributed by atoms with van der Waals surface area (Å²) in [6, 6.07) is 0. The number of rotatable bonds is 4. The second-order valence-corrected chi connectivity index (χ2v) is 5.54. The van der Waals surface area contributed by atoms with E-state index >= 15 is 0 Å². The van der Waals surface area contributed by atoms with E-state index in [4.69, 9.17) is 0 Å². The van der Waals surface area contributed by atoms with Crippen LogP contribution >= 0.6 is 0 Å². The molecule has 1 saturated heterocycles. The molecule has 1 saturated carbocycles. The van der Waals surface area contributed by atoms with Gasteiger partial charge in [-0.05, 0) is 49.5 Å². The fourth-order valence-corrected chi connectivity index (χ4v) is 2.94. The van der Waals surface area contributed by atoms with Gasteiger partial charge >= 0.3 is 0 Å². The third-order valence-corrected chi connectivity index (χ3v) is 3.96. The number of hydrogen-bond acceptors (Lipinski definition) is 3. The van der Waals surface area contributed by atoms with Gasteiger partial charge in [-0.25, -0.2) is 0 Å². The Hall–Kier alpha value is -0.960. The van der Waals surface area contributed by atoms with Crippen LogP contribution in [0.3, 0.4) is 0 Å². The smallest absolute Gasteiger partial charge is 0.0308 e. The molecule has 1 aliphatic carbocycles. The van der Waals surface area contributed by atoms with Crippen molar-refractivity contribution in [2.75, 3.05) is 20.1 Å². The minimum Gasteiger partial charge on any atom is -0.316 e. The Morgan fingerprint density at radius 2 is 2.29 bits per heavy atom. The van der Waals surface area contributed by atoms with Crippen molar-refractivity contribution < 1.29 is 0 Å². The lowest BCUT2D eigenvalue weighted by molar-refractivity contribution is 0.170. The van der Waals surface area contributed by atoms with Gasteiger partial charge in [-0.3, -0.25) is 9.98 Å². The van der Waals surface area contributed by atoms with Crippen LogP contribution in [0.25, 0.3) is 0 Å². The second kappa shape index (κ2) is 5.58. The molecule has 17 heavy (non-hydrogen) atoms. The number of hydrogen-bond donors (Lipinski definition) is 1. The van der Waals surface area contributed by atoms with Crippen LogP contribution in [0.1, 0.15) is 32.6 Å². The molecule has 1 spiro atoms. The van der Waals surface area contributed by atoms with Crippen LogP contribution in [-0.4, -0.2) is 32.6 Å². The molecule has 0 aromatic carbocycles. The summed E-state index contributed by atoms with van der Waals surface area (Å²) in [4.78, 5) is 8.31. The molecular formula is C14H23N3. The Morgan fingerprint density at radius 1 is 1.47 bits per heavy atom. The Balaban J connectivity index is 1.72. The second-order valence-electron chi connectivity index (χ2n) is 5.54. The molecule has 2 rings (SSSR count). The van der Waals surface area contributed by atoms with Crippen molar-refractivity contribution in [3.05, 3.63) is 11.8 Å². The van der Waals surface area contributed by atoms with Gasteiger partial charge in [0.05, 0.1) is 0 Å². The number of aliphatic imine (C=N–C) groups is 2. The van der Waals surface area contributed by atoms with E-state index in [9.17, 15) is 0 Å². The van der Waals surface area contributed by atoms with E-state index in [-0.39, 0.29) is 0 Å². The fourth-order valence-electron chi connectivity index (χ4n) is 2.94. The van der Waals surface area contributed by atoms with Crippen molar-refractivity contribution in [1.82, 2.24) is 5.32 Å². The van der Waals surface area contributed by atoms with E-state index in [1.807, 2.05) is 19.3 Å². The van der Waals surface area contributed by atoms with Crippen molar-refractivity contribution in [3.8, 4) is 0 Å². The molecule has 2 aliphatic rings. The van der Waals surface area contributed by atoms with E-state index in [1.165, 1.54) is 32.4 Å². The third kappa shape index (κ3) is 3.25. The molecule has 1 N–H and O–H groups in total. The minimum atomic E-state index is 0.666. The Kier molecular flexibility index (Phi) is 4.11. The van der Waals surface area contributed by atoms with Crippen LogP contribution in [0.5, 0.6) is 0 Å². The highest BCUT2D eigenvalue weighted by molar-refractivity contribution is 5.77. The van der Waals surface area contributed by atoms with E-state index in [2.05, 4.69) is 21.5 Å². The van der Waals surface area contributed by atoms with Crippen LogP contribution < -0.4 is 5.32 Å². The standard InChI is InChI=1S/C14H23N3/c1-12(8-15-2)9-16-6-4-13-3-5-14(7-13)10-17-11-14/h6,8-9,13,17H,3-5,7,10-11H2,1-2H3/b12-9-,15-8?,16-6?. The molecule has 0 bridgehead atoms. The first kappa shape index (κ1) is 12.5. The maximum atomic E-state index is 4.35. The Bertz CT molecular complexity index is 337. The molecule has 0 aromatic rings. The van der Waals surface area contributed by atoms with Gasteiger partial charge in [-0.1, -0.05) is 0 Å². The molecule has 1 unspecified atom stereocenters. The van der Waals surface area contributed by atoms with E-state index in [1.54, 1.807) is 7.05 Å². The highest BCUT2D eigenvalue weighted by Gasteiger charge is 2.42. The van der Waals surface area contributed by atoms with Crippen LogP contribution in [0.2, 0.25) is 0 Å². The number of nitrogens with one attached hydrogen (secondary N) is 1. The zero-order valence-electron chi connectivity index (χ0n) is 10.9. The van der Waals surface area contributed by atoms with Crippen molar-refractivity contribution in [2.24, 2.45) is 21.3 Å². The fraction of sp³-hybridized carbons (Fsp3) is 0.714. The number of allylic oxidation sites excluding steroid dienone is 1. The summed E-state index contributed by atoms with van der Waals surface area (Å²) < 4.78 is 0. The summed E-state index contributed by atoms with van der Waals surface area (Å²) in [6.45, 7) is 4.51. The van der Waals surface area contributed by atoms with Gasteiger partial charge in [0.2, 0.25) is 0 Å². The first-order chi connectivity index (χ1) is 8.24. The normalized spacial score (nSPS) is 28.4. The quantitative estimate of drug-likeness (QED) is 0.744. The van der Waals surface area contributed by atoms with E-state index < -0.39 is 0 Å². The lowest BCUT2D eigenvalue weighted by Crippen LogP contribution is -2.51. The highest BCUT2D eigenvalue weighted by Crippen LogP contribution is 2.45. The van der Waals surface area contributed by atoms with Gasteiger partial charge < -0.3 is 5.32 Å². The molecule has 3 nitrogen and oxygen atoms in total. The maximum Gasteiger partial charge on any atom is 0.0308 e. The molecule has 1 aliphatic heterocycles. The van der Waals surface area contributed by atoms with E-state index in [0.29, 0.717) is 5.41 Å². The molecular weight excluding hydrogens is 210 g/mol. The maximum absolute atomic E-state index is 4.35. The molecule has 0 radical (unpaired) electrons. The molecule has 3 heteroatoms. The van der Waals surface area contributed by atoms with Crippen LogP contribution in [0.15, 0.2) is 21.8 Å². The first-order valence-corrected chi connectivity index (χ1v) is 6.55. The third-order valence-electron chi connectivity index (χ3n) is 3.96. The monoisotopic (exact) mass is 233 g/mol. The molecule has 1 atom stereocenters. The predicted octanol–water partition coefficient (Wildman–Crippen LogP) is 2.44. The molecule has 2 fully saturated rings. The Labute approximate surface area is 104 Å². The van der Waals surface area contributed by atoms with Crippen LogP contribution in [0.4, 0.5) is 0 Å². The van der Waals surface area contributed by atoms with Gasteiger partial charge in [0, 0.05) is 38.8 Å². The lowest BCUT2D eigenvalue weighted by Gasteiger charge is -2.39. The van der Waals surface area contributed by atoms with Crippen LogP contribution in [0, 0.1) is 11.3 Å². The summed E-state index contributed by atoms with van der Waals surface area (Å²) >= 11 is 0. The summed E-state index contributed by atoms with van der Waals surface area (Å²) in [5, 5.41) is 3.40. The zero-order valence-corrected chi connectivity index (χ0v) is 10.9. The summed E-state index contributed by atoms with van der Waals surface area (Å²) in [7, 11) is 1.78. The van der Waals surface area contributed by atoms with Gasteiger partial charge in [-0.2, -0.15) is 0 Å². The largest absolute Gasteiger partial charge is 0.316 e. The van der Waals surface area contributed by atoms with Gasteiger partial charge in [0.1, 0.15) is 0 Å². The van der Waals surface area contributed by atoms with Gasteiger partial charge in [-0.15, -0.1) is 0 Å².